The van der Waals surface area contributed by atoms with Crippen molar-refractivity contribution < 1.29 is 19.0 Å². The molecular weight excluding hydrogens is 285 g/mol. The zero-order valence-corrected chi connectivity index (χ0v) is 13.6. The number of rotatable bonds is 5. The third-order valence-electron chi connectivity index (χ3n) is 4.31. The Hall–Kier alpha value is -1.62. The summed E-state index contributed by atoms with van der Waals surface area (Å²) in [4.78, 5) is 13.7. The Kier molecular flexibility index (Phi) is 5.06. The van der Waals surface area contributed by atoms with Crippen LogP contribution >= 0.6 is 0 Å². The number of likely N-dealkylation sites (tertiary alicyclic amines) is 1. The lowest BCUT2D eigenvalue weighted by atomic mass is 9.95. The van der Waals surface area contributed by atoms with E-state index in [4.69, 9.17) is 4.74 Å². The highest BCUT2D eigenvalue weighted by Crippen LogP contribution is 2.37. The fourth-order valence-corrected chi connectivity index (χ4v) is 3.08. The van der Waals surface area contributed by atoms with Crippen molar-refractivity contribution >= 4 is 5.97 Å². The van der Waals surface area contributed by atoms with Crippen molar-refractivity contribution in [3.05, 3.63) is 29.1 Å². The molecule has 22 heavy (non-hydrogen) atoms. The number of benzene rings is 1. The molecule has 0 spiro atoms. The maximum atomic E-state index is 14.3. The minimum absolute atomic E-state index is 0.0383. The number of carboxylic acid groups (broad SMARTS) is 1. The van der Waals surface area contributed by atoms with E-state index in [1.54, 1.807) is 6.07 Å². The van der Waals surface area contributed by atoms with Crippen LogP contribution in [0.4, 0.5) is 4.39 Å². The molecule has 0 amide bonds. The van der Waals surface area contributed by atoms with Gasteiger partial charge in [0, 0.05) is 12.1 Å². The van der Waals surface area contributed by atoms with Gasteiger partial charge in [-0.25, -0.2) is 4.39 Å². The van der Waals surface area contributed by atoms with Gasteiger partial charge in [0.25, 0.3) is 0 Å². The molecule has 0 radical (unpaired) electrons. The first-order valence-corrected chi connectivity index (χ1v) is 7.69. The second-order valence-electron chi connectivity index (χ2n) is 6.41. The van der Waals surface area contributed by atoms with Gasteiger partial charge in [0.1, 0.15) is 6.04 Å². The van der Waals surface area contributed by atoms with Crippen LogP contribution in [0.5, 0.6) is 5.75 Å². The fraction of sp³-hybridized carbons (Fsp3) is 0.588. The zero-order chi connectivity index (χ0) is 16.4. The molecule has 0 bridgehead atoms. The predicted octanol–water partition coefficient (Wildman–Crippen LogP) is 3.43. The molecular formula is C17H24FNO3. The lowest BCUT2D eigenvalue weighted by molar-refractivity contribution is -0.143. The molecule has 0 aromatic heterocycles. The molecule has 4 nitrogen and oxygen atoms in total. The summed E-state index contributed by atoms with van der Waals surface area (Å²) < 4.78 is 19.5. The standard InChI is InChI=1S/C17H24FNO3/c1-10(2)12-7-13(16(22-4)14(18)8-12)15(17(20)21)19-6-5-11(3)9-19/h7-8,10-11,15H,5-6,9H2,1-4H3,(H,20,21)/t11-,15?/m1/s1. The lowest BCUT2D eigenvalue weighted by Gasteiger charge is -2.27. The van der Waals surface area contributed by atoms with Crippen LogP contribution in [0.25, 0.3) is 0 Å². The molecule has 2 rings (SSSR count). The minimum Gasteiger partial charge on any atom is -0.493 e. The molecule has 1 aliphatic rings. The number of carboxylic acids is 1. The summed E-state index contributed by atoms with van der Waals surface area (Å²) in [5, 5.41) is 9.69. The summed E-state index contributed by atoms with van der Waals surface area (Å²) in [6, 6.07) is 2.33. The third kappa shape index (κ3) is 3.24. The van der Waals surface area contributed by atoms with Crippen LogP contribution in [0.1, 0.15) is 50.3 Å². The Balaban J connectivity index is 2.52. The van der Waals surface area contributed by atoms with Crippen LogP contribution in [0.15, 0.2) is 12.1 Å². The van der Waals surface area contributed by atoms with E-state index in [0.29, 0.717) is 24.6 Å². The summed E-state index contributed by atoms with van der Waals surface area (Å²) in [7, 11) is 1.38. The number of aliphatic carboxylic acids is 1. The summed E-state index contributed by atoms with van der Waals surface area (Å²) in [6.07, 6.45) is 0.957. The monoisotopic (exact) mass is 309 g/mol. The largest absolute Gasteiger partial charge is 0.493 e. The van der Waals surface area contributed by atoms with Crippen molar-refractivity contribution in [3.63, 3.8) is 0 Å². The van der Waals surface area contributed by atoms with Gasteiger partial charge in [0.15, 0.2) is 11.6 Å². The molecule has 122 valence electrons. The highest BCUT2D eigenvalue weighted by atomic mass is 19.1. The average molecular weight is 309 g/mol. The summed E-state index contributed by atoms with van der Waals surface area (Å²) in [6.45, 7) is 7.42. The van der Waals surface area contributed by atoms with Crippen molar-refractivity contribution in [2.24, 2.45) is 5.92 Å². The normalized spacial score (nSPS) is 20.4. The molecule has 1 fully saturated rings. The molecule has 1 aromatic carbocycles. The van der Waals surface area contributed by atoms with Gasteiger partial charge >= 0.3 is 5.97 Å². The van der Waals surface area contributed by atoms with Gasteiger partial charge in [-0.05, 0) is 42.5 Å². The fourth-order valence-electron chi connectivity index (χ4n) is 3.08. The van der Waals surface area contributed by atoms with Gasteiger partial charge in [-0.2, -0.15) is 0 Å². The van der Waals surface area contributed by atoms with E-state index in [1.807, 2.05) is 18.7 Å². The Morgan fingerprint density at radius 2 is 2.14 bits per heavy atom. The lowest BCUT2D eigenvalue weighted by Crippen LogP contribution is -2.33. The van der Waals surface area contributed by atoms with Gasteiger partial charge in [0.05, 0.1) is 7.11 Å². The molecule has 1 heterocycles. The van der Waals surface area contributed by atoms with E-state index in [9.17, 15) is 14.3 Å². The first-order valence-electron chi connectivity index (χ1n) is 7.69. The van der Waals surface area contributed by atoms with Gasteiger partial charge in [0.2, 0.25) is 0 Å². The second-order valence-corrected chi connectivity index (χ2v) is 6.41. The van der Waals surface area contributed by atoms with E-state index < -0.39 is 17.8 Å². The van der Waals surface area contributed by atoms with Crippen molar-refractivity contribution in [1.82, 2.24) is 4.90 Å². The van der Waals surface area contributed by atoms with Gasteiger partial charge < -0.3 is 9.84 Å². The second kappa shape index (κ2) is 6.65. The quantitative estimate of drug-likeness (QED) is 0.905. The first kappa shape index (κ1) is 16.7. The summed E-state index contributed by atoms with van der Waals surface area (Å²) >= 11 is 0. The van der Waals surface area contributed by atoms with Crippen LogP contribution in [0, 0.1) is 11.7 Å². The van der Waals surface area contributed by atoms with E-state index in [-0.39, 0.29) is 11.7 Å². The van der Waals surface area contributed by atoms with E-state index in [0.717, 1.165) is 12.0 Å². The van der Waals surface area contributed by atoms with Crippen LogP contribution < -0.4 is 4.74 Å². The van der Waals surface area contributed by atoms with Gasteiger partial charge in [-0.3, -0.25) is 9.69 Å². The highest BCUT2D eigenvalue weighted by Gasteiger charge is 2.35. The molecule has 0 saturated carbocycles. The Morgan fingerprint density at radius 1 is 1.45 bits per heavy atom. The SMILES string of the molecule is COc1c(F)cc(C(C)C)cc1C(C(=O)O)N1CC[C@@H](C)C1. The van der Waals surface area contributed by atoms with Crippen molar-refractivity contribution in [1.29, 1.82) is 0 Å². The molecule has 1 N–H and O–H groups in total. The van der Waals surface area contributed by atoms with Crippen LogP contribution in [0.3, 0.4) is 0 Å². The van der Waals surface area contributed by atoms with E-state index >= 15 is 0 Å². The highest BCUT2D eigenvalue weighted by molar-refractivity contribution is 5.77. The molecule has 1 unspecified atom stereocenters. The number of ether oxygens (including phenoxy) is 1. The van der Waals surface area contributed by atoms with Crippen LogP contribution in [-0.2, 0) is 4.79 Å². The molecule has 1 aromatic rings. The van der Waals surface area contributed by atoms with Crippen LogP contribution in [-0.4, -0.2) is 36.2 Å². The Labute approximate surface area is 130 Å². The van der Waals surface area contributed by atoms with E-state index in [1.165, 1.54) is 13.2 Å². The number of nitrogens with zero attached hydrogens (tertiary/aromatic N) is 1. The van der Waals surface area contributed by atoms with E-state index in [2.05, 4.69) is 6.92 Å². The Morgan fingerprint density at radius 3 is 2.59 bits per heavy atom. The predicted molar refractivity (Wildman–Crippen MR) is 82.8 cm³/mol. The number of hydrogen-bond acceptors (Lipinski definition) is 3. The molecule has 2 atom stereocenters. The first-order chi connectivity index (χ1) is 10.3. The topological polar surface area (TPSA) is 49.8 Å². The zero-order valence-electron chi connectivity index (χ0n) is 13.6. The molecule has 5 heteroatoms. The van der Waals surface area contributed by atoms with Crippen LogP contribution in [0.2, 0.25) is 0 Å². The summed E-state index contributed by atoms with van der Waals surface area (Å²) in [5.74, 6) is -0.858. The van der Waals surface area contributed by atoms with Gasteiger partial charge in [-0.15, -0.1) is 0 Å². The summed E-state index contributed by atoms with van der Waals surface area (Å²) in [5.41, 5.74) is 1.19. The van der Waals surface area contributed by atoms with Crippen molar-refractivity contribution in [2.75, 3.05) is 20.2 Å². The molecule has 1 aliphatic heterocycles. The minimum atomic E-state index is -0.965. The maximum Gasteiger partial charge on any atom is 0.325 e. The number of methoxy groups -OCH3 is 1. The average Bonchev–Trinajstić information content (AvgIpc) is 2.84. The number of hydrogen-bond donors (Lipinski definition) is 1. The van der Waals surface area contributed by atoms with Crippen molar-refractivity contribution in [3.8, 4) is 5.75 Å². The molecule has 0 aliphatic carbocycles. The number of halogens is 1. The van der Waals surface area contributed by atoms with Gasteiger partial charge in [-0.1, -0.05) is 20.8 Å². The Bertz CT molecular complexity index is 559. The maximum absolute atomic E-state index is 14.3. The third-order valence-corrected chi connectivity index (χ3v) is 4.31. The number of carbonyl (C=O) groups is 1. The smallest absolute Gasteiger partial charge is 0.325 e. The van der Waals surface area contributed by atoms with Crippen molar-refractivity contribution in [2.45, 2.75) is 39.2 Å². The molecule has 1 saturated heterocycles.